The molecule has 0 bridgehead atoms. The van der Waals surface area contributed by atoms with Gasteiger partial charge in [0, 0.05) is 12.7 Å². The Bertz CT molecular complexity index is 426. The second kappa shape index (κ2) is 7.21. The number of nitrogens with two attached hydrogens (primary N) is 1. The minimum absolute atomic E-state index is 0.0750. The number of carbonyl (C=O) groups excluding carboxylic acids is 1. The van der Waals surface area contributed by atoms with Crippen molar-refractivity contribution in [3.63, 3.8) is 0 Å². The van der Waals surface area contributed by atoms with Gasteiger partial charge in [-0.05, 0) is 57.5 Å². The van der Waals surface area contributed by atoms with Crippen molar-refractivity contribution < 1.29 is 4.79 Å². The second-order valence-electron chi connectivity index (χ2n) is 5.37. The maximum absolute atomic E-state index is 11.9. The Morgan fingerprint density at radius 3 is 2.80 bits per heavy atom. The minimum Gasteiger partial charge on any atom is -0.352 e. The fraction of sp³-hybridized carbons (Fsp3) is 0.571. The molecule has 0 radical (unpaired) electrons. The molecule has 2 rings (SSSR count). The van der Waals surface area contributed by atoms with E-state index in [-0.39, 0.29) is 5.91 Å². The van der Waals surface area contributed by atoms with Gasteiger partial charge in [0.25, 0.3) is 5.91 Å². The standard InChI is InChI=1S/C14H23N5O/c1-19-8-5-11(6-9-19)4-7-16-14(20)12-2-3-13(18-15)17-10-12/h2-3,10-11H,4-9,15H2,1H3,(H,16,20)(H,17,18). The van der Waals surface area contributed by atoms with E-state index in [9.17, 15) is 4.79 Å². The maximum atomic E-state index is 11.9. The topological polar surface area (TPSA) is 83.3 Å². The van der Waals surface area contributed by atoms with Gasteiger partial charge in [0.1, 0.15) is 5.82 Å². The molecular formula is C14H23N5O. The third kappa shape index (κ3) is 4.18. The lowest BCUT2D eigenvalue weighted by atomic mass is 9.94. The number of hydrogen-bond donors (Lipinski definition) is 3. The zero-order chi connectivity index (χ0) is 14.4. The fourth-order valence-corrected chi connectivity index (χ4v) is 2.46. The van der Waals surface area contributed by atoms with Crippen LogP contribution < -0.4 is 16.6 Å². The first-order chi connectivity index (χ1) is 9.69. The van der Waals surface area contributed by atoms with Crippen LogP contribution in [0.5, 0.6) is 0 Å². The number of rotatable bonds is 5. The molecular weight excluding hydrogens is 254 g/mol. The van der Waals surface area contributed by atoms with Gasteiger partial charge in [0.05, 0.1) is 5.56 Å². The van der Waals surface area contributed by atoms with E-state index in [1.54, 1.807) is 12.1 Å². The van der Waals surface area contributed by atoms with Crippen molar-refractivity contribution in [1.82, 2.24) is 15.2 Å². The summed E-state index contributed by atoms with van der Waals surface area (Å²) in [7, 11) is 2.16. The zero-order valence-electron chi connectivity index (χ0n) is 11.9. The van der Waals surface area contributed by atoms with E-state index in [1.165, 1.54) is 19.0 Å². The van der Waals surface area contributed by atoms with Crippen LogP contribution in [0.2, 0.25) is 0 Å². The predicted octanol–water partition coefficient (Wildman–Crippen LogP) is 0.829. The molecule has 1 aromatic rings. The number of nitrogen functional groups attached to an aromatic ring is 1. The first-order valence-corrected chi connectivity index (χ1v) is 7.08. The molecule has 6 nitrogen and oxygen atoms in total. The summed E-state index contributed by atoms with van der Waals surface area (Å²) in [5, 5.41) is 2.95. The third-order valence-electron chi connectivity index (χ3n) is 3.85. The van der Waals surface area contributed by atoms with Crippen molar-refractivity contribution >= 4 is 11.7 Å². The number of likely N-dealkylation sites (tertiary alicyclic amines) is 1. The van der Waals surface area contributed by atoms with E-state index in [1.807, 2.05) is 0 Å². The predicted molar refractivity (Wildman–Crippen MR) is 79.2 cm³/mol. The number of hydrazine groups is 1. The zero-order valence-corrected chi connectivity index (χ0v) is 11.9. The molecule has 0 aromatic carbocycles. The summed E-state index contributed by atoms with van der Waals surface area (Å²) in [5.74, 6) is 6.44. The van der Waals surface area contributed by atoms with Gasteiger partial charge in [-0.3, -0.25) is 4.79 Å². The Morgan fingerprint density at radius 1 is 1.45 bits per heavy atom. The highest BCUT2D eigenvalue weighted by molar-refractivity contribution is 5.93. The highest BCUT2D eigenvalue weighted by Crippen LogP contribution is 2.18. The summed E-state index contributed by atoms with van der Waals surface area (Å²) >= 11 is 0. The van der Waals surface area contributed by atoms with Crippen LogP contribution in [0.1, 0.15) is 29.6 Å². The van der Waals surface area contributed by atoms with Crippen LogP contribution in [0.3, 0.4) is 0 Å². The van der Waals surface area contributed by atoms with Gasteiger partial charge in [-0.2, -0.15) is 0 Å². The number of hydrogen-bond acceptors (Lipinski definition) is 5. The number of pyridine rings is 1. The second-order valence-corrected chi connectivity index (χ2v) is 5.37. The van der Waals surface area contributed by atoms with E-state index in [0.29, 0.717) is 11.4 Å². The number of anilines is 1. The van der Waals surface area contributed by atoms with Gasteiger partial charge in [-0.1, -0.05) is 0 Å². The van der Waals surface area contributed by atoms with Gasteiger partial charge in [0.15, 0.2) is 0 Å². The Labute approximate surface area is 119 Å². The van der Waals surface area contributed by atoms with E-state index in [2.05, 4.69) is 27.7 Å². The maximum Gasteiger partial charge on any atom is 0.252 e. The number of amides is 1. The van der Waals surface area contributed by atoms with E-state index in [4.69, 9.17) is 5.84 Å². The Balaban J connectivity index is 1.71. The molecule has 2 heterocycles. The summed E-state index contributed by atoms with van der Waals surface area (Å²) in [4.78, 5) is 18.3. The quantitative estimate of drug-likeness (QED) is 0.548. The highest BCUT2D eigenvalue weighted by atomic mass is 16.1. The summed E-state index contributed by atoms with van der Waals surface area (Å²) in [6.07, 6.45) is 5.03. The average Bonchev–Trinajstić information content (AvgIpc) is 2.49. The van der Waals surface area contributed by atoms with Gasteiger partial charge in [0.2, 0.25) is 0 Å². The first kappa shape index (κ1) is 14.7. The normalized spacial score (nSPS) is 16.9. The molecule has 110 valence electrons. The van der Waals surface area contributed by atoms with Crippen LogP contribution >= 0.6 is 0 Å². The largest absolute Gasteiger partial charge is 0.352 e. The van der Waals surface area contributed by atoms with E-state index >= 15 is 0 Å². The number of piperidine rings is 1. The molecule has 6 heteroatoms. The molecule has 4 N–H and O–H groups in total. The SMILES string of the molecule is CN1CCC(CCNC(=O)c2ccc(NN)nc2)CC1. The van der Waals surface area contributed by atoms with Crippen LogP contribution in [-0.2, 0) is 0 Å². The van der Waals surface area contributed by atoms with Gasteiger partial charge < -0.3 is 15.6 Å². The van der Waals surface area contributed by atoms with Gasteiger partial charge in [-0.15, -0.1) is 0 Å². The van der Waals surface area contributed by atoms with Crippen LogP contribution in [-0.4, -0.2) is 42.5 Å². The van der Waals surface area contributed by atoms with Gasteiger partial charge >= 0.3 is 0 Å². The van der Waals surface area contributed by atoms with Crippen molar-refractivity contribution in [2.75, 3.05) is 32.1 Å². The molecule has 0 atom stereocenters. The number of carbonyl (C=O) groups is 1. The molecule has 0 aliphatic carbocycles. The Morgan fingerprint density at radius 2 is 2.20 bits per heavy atom. The van der Waals surface area contributed by atoms with Crippen LogP contribution in [0.25, 0.3) is 0 Å². The molecule has 1 aromatic heterocycles. The lowest BCUT2D eigenvalue weighted by molar-refractivity contribution is 0.0948. The van der Waals surface area contributed by atoms with Crippen molar-refractivity contribution in [2.24, 2.45) is 11.8 Å². The fourth-order valence-electron chi connectivity index (χ4n) is 2.46. The lowest BCUT2D eigenvalue weighted by Gasteiger charge is -2.28. The van der Waals surface area contributed by atoms with E-state index < -0.39 is 0 Å². The first-order valence-electron chi connectivity index (χ1n) is 7.08. The number of nitrogens with one attached hydrogen (secondary N) is 2. The third-order valence-corrected chi connectivity index (χ3v) is 3.85. The van der Waals surface area contributed by atoms with Crippen LogP contribution in [0, 0.1) is 5.92 Å². The van der Waals surface area contributed by atoms with Crippen molar-refractivity contribution in [3.8, 4) is 0 Å². The van der Waals surface area contributed by atoms with Gasteiger partial charge in [-0.25, -0.2) is 10.8 Å². The van der Waals surface area contributed by atoms with Crippen LogP contribution in [0.4, 0.5) is 5.82 Å². The molecule has 0 saturated carbocycles. The minimum atomic E-state index is -0.0750. The Kier molecular flexibility index (Phi) is 5.31. The lowest BCUT2D eigenvalue weighted by Crippen LogP contribution is -2.32. The van der Waals surface area contributed by atoms with Crippen molar-refractivity contribution in [1.29, 1.82) is 0 Å². The molecule has 1 saturated heterocycles. The summed E-state index contributed by atoms with van der Waals surface area (Å²) in [5.41, 5.74) is 3.00. The molecule has 1 aliphatic heterocycles. The molecule has 0 spiro atoms. The smallest absolute Gasteiger partial charge is 0.252 e. The molecule has 1 aliphatic rings. The molecule has 20 heavy (non-hydrogen) atoms. The summed E-state index contributed by atoms with van der Waals surface area (Å²) < 4.78 is 0. The molecule has 1 fully saturated rings. The Hall–Kier alpha value is -1.66. The molecule has 0 unspecified atom stereocenters. The van der Waals surface area contributed by atoms with E-state index in [0.717, 1.165) is 32.0 Å². The highest BCUT2D eigenvalue weighted by Gasteiger charge is 2.16. The monoisotopic (exact) mass is 277 g/mol. The van der Waals surface area contributed by atoms with Crippen LogP contribution in [0.15, 0.2) is 18.3 Å². The molecule has 1 amide bonds. The average molecular weight is 277 g/mol. The number of aromatic nitrogens is 1. The summed E-state index contributed by atoms with van der Waals surface area (Å²) in [6, 6.07) is 3.40. The van der Waals surface area contributed by atoms with Crippen molar-refractivity contribution in [2.45, 2.75) is 19.3 Å². The van der Waals surface area contributed by atoms with Crippen molar-refractivity contribution in [3.05, 3.63) is 23.9 Å². The number of nitrogens with zero attached hydrogens (tertiary/aromatic N) is 2. The summed E-state index contributed by atoms with van der Waals surface area (Å²) in [6.45, 7) is 3.05.